The number of hydrogen-bond donors (Lipinski definition) is 3. The molecule has 0 saturated carbocycles. The molecule has 0 heterocycles. The lowest BCUT2D eigenvalue weighted by molar-refractivity contribution is 0.246. The molecule has 0 atom stereocenters. The lowest BCUT2D eigenvalue weighted by Crippen LogP contribution is -2.47. The van der Waals surface area contributed by atoms with E-state index in [1.54, 1.807) is 23.9 Å². The Morgan fingerprint density at radius 2 is 1.86 bits per heavy atom. The number of carbonyl (C=O) groups is 1. The Balaban J connectivity index is 2.17. The fourth-order valence-electron chi connectivity index (χ4n) is 1.73. The molecule has 0 radical (unpaired) electrons. The summed E-state index contributed by atoms with van der Waals surface area (Å²) in [6.07, 6.45) is 0. The van der Waals surface area contributed by atoms with Crippen molar-refractivity contribution in [1.82, 2.24) is 5.43 Å². The molecule has 0 saturated heterocycles. The first-order chi connectivity index (χ1) is 10.1. The molecule has 2 aromatic rings. The molecule has 5 N–H and O–H groups in total. The number of para-hydroxylation sites is 1. The molecule has 2 aromatic carbocycles. The van der Waals surface area contributed by atoms with Gasteiger partial charge in [-0.2, -0.15) is 0 Å². The highest BCUT2D eigenvalue weighted by Crippen LogP contribution is 2.32. The number of hydrogen-bond acceptors (Lipinski definition) is 4. The van der Waals surface area contributed by atoms with E-state index in [-0.39, 0.29) is 0 Å². The van der Waals surface area contributed by atoms with E-state index in [2.05, 4.69) is 0 Å². The zero-order valence-corrected chi connectivity index (χ0v) is 12.7. The third-order valence-electron chi connectivity index (χ3n) is 2.81. The van der Waals surface area contributed by atoms with Gasteiger partial charge in [0.1, 0.15) is 0 Å². The van der Waals surface area contributed by atoms with Gasteiger partial charge in [0.05, 0.1) is 5.69 Å². The molecule has 0 aromatic heterocycles. The number of thioether (sulfide) groups is 1. The maximum absolute atomic E-state index is 11.5. The van der Waals surface area contributed by atoms with Gasteiger partial charge in [-0.25, -0.2) is 21.5 Å². The van der Waals surface area contributed by atoms with E-state index in [9.17, 15) is 4.79 Å². The molecule has 7 heteroatoms. The first kappa shape index (κ1) is 15.7. The summed E-state index contributed by atoms with van der Waals surface area (Å²) in [4.78, 5) is 12.4. The molecule has 2 amide bonds. The van der Waals surface area contributed by atoms with Crippen molar-refractivity contribution in [3.8, 4) is 0 Å². The minimum Gasteiger partial charge on any atom is -0.274 e. The normalized spacial score (nSPS) is 10.2. The van der Waals surface area contributed by atoms with Crippen LogP contribution in [0.5, 0.6) is 0 Å². The number of nitrogens with two attached hydrogens (primary N) is 2. The van der Waals surface area contributed by atoms with E-state index in [0.717, 1.165) is 15.5 Å². The number of amides is 2. The predicted octanol–water partition coefficient (Wildman–Crippen LogP) is 2.90. The molecular weight excluding hydrogens is 308 g/mol. The first-order valence-corrected chi connectivity index (χ1v) is 7.50. The van der Waals surface area contributed by atoms with Gasteiger partial charge in [0.25, 0.3) is 0 Å². The number of nitrogens with one attached hydrogen (secondary N) is 1. The van der Waals surface area contributed by atoms with Crippen molar-refractivity contribution in [2.75, 3.05) is 5.01 Å². The van der Waals surface area contributed by atoms with Crippen molar-refractivity contribution in [3.05, 3.63) is 59.1 Å². The van der Waals surface area contributed by atoms with Crippen LogP contribution in [0.1, 0.15) is 5.56 Å². The Labute approximate surface area is 132 Å². The van der Waals surface area contributed by atoms with Gasteiger partial charge in [-0.3, -0.25) is 5.43 Å². The first-order valence-electron chi connectivity index (χ1n) is 6.14. The van der Waals surface area contributed by atoms with Crippen LogP contribution in [0, 0.1) is 0 Å². The molecule has 0 aliphatic rings. The average molecular weight is 323 g/mol. The predicted molar refractivity (Wildman–Crippen MR) is 86.8 cm³/mol. The summed E-state index contributed by atoms with van der Waals surface area (Å²) < 4.78 is 0. The highest BCUT2D eigenvalue weighted by molar-refractivity contribution is 7.98. The summed E-state index contributed by atoms with van der Waals surface area (Å²) >= 11 is 7.68. The van der Waals surface area contributed by atoms with Crippen LogP contribution in [0.2, 0.25) is 5.02 Å². The quantitative estimate of drug-likeness (QED) is 0.350. The third kappa shape index (κ3) is 3.89. The number of anilines is 1. The zero-order chi connectivity index (χ0) is 15.2. The van der Waals surface area contributed by atoms with Crippen LogP contribution in [-0.4, -0.2) is 6.03 Å². The van der Waals surface area contributed by atoms with E-state index in [1.807, 2.05) is 41.8 Å². The van der Waals surface area contributed by atoms with Crippen molar-refractivity contribution in [3.63, 3.8) is 0 Å². The second-order valence-corrected chi connectivity index (χ2v) is 5.59. The van der Waals surface area contributed by atoms with Crippen LogP contribution in [0.15, 0.2) is 53.4 Å². The van der Waals surface area contributed by atoms with E-state index >= 15 is 0 Å². The van der Waals surface area contributed by atoms with Gasteiger partial charge >= 0.3 is 6.03 Å². The summed E-state index contributed by atoms with van der Waals surface area (Å²) in [7, 11) is 0. The van der Waals surface area contributed by atoms with Crippen molar-refractivity contribution in [1.29, 1.82) is 0 Å². The van der Waals surface area contributed by atoms with Gasteiger partial charge in [-0.1, -0.05) is 41.9 Å². The third-order valence-corrected chi connectivity index (χ3v) is 4.29. The second kappa shape index (κ2) is 7.33. The number of urea groups is 1. The summed E-state index contributed by atoms with van der Waals surface area (Å²) in [5, 5.41) is 1.70. The molecule has 0 spiro atoms. The molecule has 5 nitrogen and oxygen atoms in total. The van der Waals surface area contributed by atoms with Gasteiger partial charge in [-0.15, -0.1) is 11.8 Å². The van der Waals surface area contributed by atoms with E-state index in [4.69, 9.17) is 23.3 Å². The Kier molecular flexibility index (Phi) is 5.46. The minimum atomic E-state index is -0.583. The van der Waals surface area contributed by atoms with Crippen LogP contribution in [0.3, 0.4) is 0 Å². The highest BCUT2D eigenvalue weighted by Gasteiger charge is 2.14. The fourth-order valence-corrected chi connectivity index (χ4v) is 3.06. The van der Waals surface area contributed by atoms with Gasteiger partial charge in [0.2, 0.25) is 0 Å². The highest BCUT2D eigenvalue weighted by atomic mass is 35.5. The Hall–Kier alpha value is -1.73. The SMILES string of the molecule is NNC(=O)N(N)c1ccccc1SCc1ccccc1Cl. The van der Waals surface area contributed by atoms with Crippen molar-refractivity contribution < 1.29 is 4.79 Å². The molecule has 0 bridgehead atoms. The van der Waals surface area contributed by atoms with Crippen molar-refractivity contribution in [2.24, 2.45) is 11.7 Å². The maximum atomic E-state index is 11.5. The lowest BCUT2D eigenvalue weighted by Gasteiger charge is -2.19. The molecule has 0 aliphatic heterocycles. The van der Waals surface area contributed by atoms with Gasteiger partial charge in [-0.05, 0) is 23.8 Å². The lowest BCUT2D eigenvalue weighted by atomic mass is 10.2. The number of carbonyl (C=O) groups excluding carboxylic acids is 1. The van der Waals surface area contributed by atoms with Gasteiger partial charge in [0, 0.05) is 15.7 Å². The van der Waals surface area contributed by atoms with Crippen LogP contribution >= 0.6 is 23.4 Å². The van der Waals surface area contributed by atoms with Crippen molar-refractivity contribution >= 4 is 35.1 Å². The molecule has 0 fully saturated rings. The monoisotopic (exact) mass is 322 g/mol. The van der Waals surface area contributed by atoms with Gasteiger partial charge < -0.3 is 0 Å². The summed E-state index contributed by atoms with van der Waals surface area (Å²) in [6.45, 7) is 0. The maximum Gasteiger partial charge on any atom is 0.350 e. The van der Waals surface area contributed by atoms with E-state index < -0.39 is 6.03 Å². The van der Waals surface area contributed by atoms with E-state index in [0.29, 0.717) is 16.5 Å². The minimum absolute atomic E-state index is 0.581. The molecule has 21 heavy (non-hydrogen) atoms. The molecule has 0 unspecified atom stereocenters. The zero-order valence-electron chi connectivity index (χ0n) is 11.1. The standard InChI is InChI=1S/C14H15ClN4OS/c15-11-6-2-1-5-10(11)9-21-13-8-4-3-7-12(13)19(17)14(20)18-16/h1-8H,9,16-17H2,(H,18,20). The molecule has 110 valence electrons. The number of hydrazine groups is 2. The van der Waals surface area contributed by atoms with Crippen LogP contribution in [0.25, 0.3) is 0 Å². The Morgan fingerprint density at radius 3 is 2.57 bits per heavy atom. The average Bonchev–Trinajstić information content (AvgIpc) is 2.53. The summed E-state index contributed by atoms with van der Waals surface area (Å²) in [5.41, 5.74) is 3.61. The topological polar surface area (TPSA) is 84.4 Å². The fraction of sp³-hybridized carbons (Fsp3) is 0.0714. The molecule has 0 aliphatic carbocycles. The number of benzene rings is 2. The van der Waals surface area contributed by atoms with E-state index in [1.165, 1.54) is 0 Å². The number of nitrogens with zero attached hydrogens (tertiary/aromatic N) is 1. The molecular formula is C14H15ClN4OS. The summed E-state index contributed by atoms with van der Waals surface area (Å²) in [6, 6.07) is 14.4. The smallest absolute Gasteiger partial charge is 0.274 e. The molecule has 2 rings (SSSR count). The largest absolute Gasteiger partial charge is 0.350 e. The van der Waals surface area contributed by atoms with Crippen molar-refractivity contribution in [2.45, 2.75) is 10.6 Å². The Morgan fingerprint density at radius 1 is 1.19 bits per heavy atom. The van der Waals surface area contributed by atoms with Gasteiger partial charge in [0.15, 0.2) is 0 Å². The van der Waals surface area contributed by atoms with Crippen LogP contribution < -0.4 is 22.1 Å². The Bertz CT molecular complexity index is 638. The summed E-state index contributed by atoms with van der Waals surface area (Å²) in [5.74, 6) is 11.5. The van der Waals surface area contributed by atoms with Crippen LogP contribution in [0.4, 0.5) is 10.5 Å². The second-order valence-electron chi connectivity index (χ2n) is 4.17. The number of halogens is 1. The van der Waals surface area contributed by atoms with Crippen LogP contribution in [-0.2, 0) is 5.75 Å². The number of rotatable bonds is 4.